The van der Waals surface area contributed by atoms with Crippen molar-refractivity contribution in [3.63, 3.8) is 0 Å². The predicted molar refractivity (Wildman–Crippen MR) is 80.3 cm³/mol. The number of methoxy groups -OCH3 is 1. The second kappa shape index (κ2) is 6.75. The lowest BCUT2D eigenvalue weighted by atomic mass is 9.96. The molecular weight excluding hydrogens is 252 g/mol. The summed E-state index contributed by atoms with van der Waals surface area (Å²) in [7, 11) is 3.62. The number of piperidine rings is 1. The number of ether oxygens (including phenoxy) is 1. The SMILES string of the molecule is CNCC1CCN(C(=O)c2ccc(C)c(OC)c2)CC1. The third-order valence-corrected chi connectivity index (χ3v) is 4.05. The van der Waals surface area contributed by atoms with Crippen molar-refractivity contribution in [3.8, 4) is 5.75 Å². The minimum absolute atomic E-state index is 0.117. The first-order valence-corrected chi connectivity index (χ1v) is 7.24. The van der Waals surface area contributed by atoms with Crippen LogP contribution in [0.2, 0.25) is 0 Å². The van der Waals surface area contributed by atoms with Gasteiger partial charge in [-0.05, 0) is 57.0 Å². The molecule has 1 aromatic rings. The number of nitrogens with zero attached hydrogens (tertiary/aromatic N) is 1. The van der Waals surface area contributed by atoms with Crippen molar-refractivity contribution in [1.82, 2.24) is 10.2 Å². The Morgan fingerprint density at radius 3 is 2.70 bits per heavy atom. The fraction of sp³-hybridized carbons (Fsp3) is 0.562. The number of carbonyl (C=O) groups excluding carboxylic acids is 1. The van der Waals surface area contributed by atoms with Crippen LogP contribution >= 0.6 is 0 Å². The van der Waals surface area contributed by atoms with Crippen molar-refractivity contribution < 1.29 is 9.53 Å². The molecule has 0 aliphatic carbocycles. The second-order valence-electron chi connectivity index (χ2n) is 5.48. The minimum Gasteiger partial charge on any atom is -0.496 e. The van der Waals surface area contributed by atoms with Gasteiger partial charge < -0.3 is 15.0 Å². The van der Waals surface area contributed by atoms with Crippen LogP contribution in [0.4, 0.5) is 0 Å². The van der Waals surface area contributed by atoms with E-state index in [0.717, 1.165) is 49.4 Å². The van der Waals surface area contributed by atoms with Crippen LogP contribution in [-0.2, 0) is 0 Å². The van der Waals surface area contributed by atoms with E-state index in [9.17, 15) is 4.79 Å². The monoisotopic (exact) mass is 276 g/mol. The van der Waals surface area contributed by atoms with Crippen molar-refractivity contribution in [3.05, 3.63) is 29.3 Å². The zero-order valence-corrected chi connectivity index (χ0v) is 12.6. The molecule has 2 rings (SSSR count). The van der Waals surface area contributed by atoms with Crippen LogP contribution in [0.1, 0.15) is 28.8 Å². The van der Waals surface area contributed by atoms with E-state index >= 15 is 0 Å². The zero-order valence-electron chi connectivity index (χ0n) is 12.6. The Labute approximate surface area is 121 Å². The predicted octanol–water partition coefficient (Wildman–Crippen LogP) is 2.08. The van der Waals surface area contributed by atoms with Gasteiger partial charge in [-0.3, -0.25) is 4.79 Å². The van der Waals surface area contributed by atoms with Gasteiger partial charge >= 0.3 is 0 Å². The Bertz CT molecular complexity index is 466. The van der Waals surface area contributed by atoms with E-state index in [1.165, 1.54) is 0 Å². The molecule has 20 heavy (non-hydrogen) atoms. The Morgan fingerprint density at radius 1 is 1.40 bits per heavy atom. The van der Waals surface area contributed by atoms with Gasteiger partial charge in [0.05, 0.1) is 7.11 Å². The minimum atomic E-state index is 0.117. The number of rotatable bonds is 4. The molecule has 0 bridgehead atoms. The van der Waals surface area contributed by atoms with Gasteiger partial charge in [0.1, 0.15) is 5.75 Å². The molecule has 1 heterocycles. The summed E-state index contributed by atoms with van der Waals surface area (Å²) >= 11 is 0. The Kier molecular flexibility index (Phi) is 5.01. The summed E-state index contributed by atoms with van der Waals surface area (Å²) in [5.74, 6) is 1.59. The number of nitrogens with one attached hydrogen (secondary N) is 1. The highest BCUT2D eigenvalue weighted by molar-refractivity contribution is 5.94. The summed E-state index contributed by atoms with van der Waals surface area (Å²) in [6, 6.07) is 5.68. The highest BCUT2D eigenvalue weighted by Crippen LogP contribution is 2.22. The molecule has 1 aliphatic rings. The molecule has 0 unspecified atom stereocenters. The van der Waals surface area contributed by atoms with Crippen LogP contribution in [0.5, 0.6) is 5.75 Å². The summed E-state index contributed by atoms with van der Waals surface area (Å²) in [5, 5.41) is 3.21. The van der Waals surface area contributed by atoms with E-state index in [-0.39, 0.29) is 5.91 Å². The molecule has 0 atom stereocenters. The third-order valence-electron chi connectivity index (χ3n) is 4.05. The van der Waals surface area contributed by atoms with Crippen LogP contribution in [-0.4, -0.2) is 44.6 Å². The van der Waals surface area contributed by atoms with Crippen LogP contribution in [0.3, 0.4) is 0 Å². The van der Waals surface area contributed by atoms with Crippen LogP contribution < -0.4 is 10.1 Å². The van der Waals surface area contributed by atoms with Crippen molar-refractivity contribution in [2.24, 2.45) is 5.92 Å². The second-order valence-corrected chi connectivity index (χ2v) is 5.48. The van der Waals surface area contributed by atoms with Gasteiger partial charge in [-0.1, -0.05) is 6.07 Å². The number of carbonyl (C=O) groups is 1. The van der Waals surface area contributed by atoms with Crippen molar-refractivity contribution in [1.29, 1.82) is 0 Å². The van der Waals surface area contributed by atoms with Crippen molar-refractivity contribution >= 4 is 5.91 Å². The highest BCUT2D eigenvalue weighted by Gasteiger charge is 2.23. The third kappa shape index (κ3) is 3.31. The maximum absolute atomic E-state index is 12.5. The molecule has 4 nitrogen and oxygen atoms in total. The summed E-state index contributed by atoms with van der Waals surface area (Å²) in [6.07, 6.45) is 2.16. The molecule has 1 saturated heterocycles. The molecule has 0 saturated carbocycles. The molecule has 1 aromatic carbocycles. The van der Waals surface area contributed by atoms with E-state index < -0.39 is 0 Å². The molecule has 1 amide bonds. The number of benzene rings is 1. The maximum atomic E-state index is 12.5. The van der Waals surface area contributed by atoms with E-state index in [1.807, 2.05) is 37.1 Å². The summed E-state index contributed by atoms with van der Waals surface area (Å²) in [4.78, 5) is 14.5. The van der Waals surface area contributed by atoms with Gasteiger partial charge in [0.25, 0.3) is 5.91 Å². The summed E-state index contributed by atoms with van der Waals surface area (Å²) < 4.78 is 5.29. The standard InChI is InChI=1S/C16H24N2O2/c1-12-4-5-14(10-15(12)20-3)16(19)18-8-6-13(7-9-18)11-17-2/h4-5,10,13,17H,6-9,11H2,1-3H3. The fourth-order valence-corrected chi connectivity index (χ4v) is 2.76. The Hall–Kier alpha value is -1.55. The molecule has 1 N–H and O–H groups in total. The van der Waals surface area contributed by atoms with Gasteiger partial charge in [-0.25, -0.2) is 0 Å². The van der Waals surface area contributed by atoms with Crippen LogP contribution in [0, 0.1) is 12.8 Å². The summed E-state index contributed by atoms with van der Waals surface area (Å²) in [5.41, 5.74) is 1.77. The topological polar surface area (TPSA) is 41.6 Å². The molecule has 0 radical (unpaired) electrons. The quantitative estimate of drug-likeness (QED) is 0.915. The molecule has 1 fully saturated rings. The molecule has 4 heteroatoms. The van der Waals surface area contributed by atoms with Gasteiger partial charge in [0, 0.05) is 18.7 Å². The van der Waals surface area contributed by atoms with Gasteiger partial charge in [0.2, 0.25) is 0 Å². The number of aryl methyl sites for hydroxylation is 1. The van der Waals surface area contributed by atoms with Gasteiger partial charge in [0.15, 0.2) is 0 Å². The molecule has 0 aromatic heterocycles. The van der Waals surface area contributed by atoms with Crippen molar-refractivity contribution in [2.75, 3.05) is 33.8 Å². The number of amides is 1. The van der Waals surface area contributed by atoms with E-state index in [0.29, 0.717) is 5.92 Å². The average Bonchev–Trinajstić information content (AvgIpc) is 2.48. The zero-order chi connectivity index (χ0) is 14.5. The highest BCUT2D eigenvalue weighted by atomic mass is 16.5. The fourth-order valence-electron chi connectivity index (χ4n) is 2.76. The lowest BCUT2D eigenvalue weighted by Crippen LogP contribution is -2.40. The Morgan fingerprint density at radius 2 is 2.10 bits per heavy atom. The van der Waals surface area contributed by atoms with Crippen LogP contribution in [0.15, 0.2) is 18.2 Å². The molecule has 1 aliphatic heterocycles. The number of likely N-dealkylation sites (tertiary alicyclic amines) is 1. The van der Waals surface area contributed by atoms with Gasteiger partial charge in [-0.2, -0.15) is 0 Å². The Balaban J connectivity index is 2.02. The lowest BCUT2D eigenvalue weighted by Gasteiger charge is -2.32. The first-order chi connectivity index (χ1) is 9.65. The van der Waals surface area contributed by atoms with Crippen molar-refractivity contribution in [2.45, 2.75) is 19.8 Å². The molecule has 110 valence electrons. The number of hydrogen-bond donors (Lipinski definition) is 1. The van der Waals surface area contributed by atoms with Crippen LogP contribution in [0.25, 0.3) is 0 Å². The molecular formula is C16H24N2O2. The first-order valence-electron chi connectivity index (χ1n) is 7.24. The van der Waals surface area contributed by atoms with E-state index in [1.54, 1.807) is 7.11 Å². The average molecular weight is 276 g/mol. The smallest absolute Gasteiger partial charge is 0.253 e. The molecule has 0 spiro atoms. The van der Waals surface area contributed by atoms with E-state index in [2.05, 4.69) is 5.32 Å². The van der Waals surface area contributed by atoms with Gasteiger partial charge in [-0.15, -0.1) is 0 Å². The maximum Gasteiger partial charge on any atom is 0.253 e. The lowest BCUT2D eigenvalue weighted by molar-refractivity contribution is 0.0690. The largest absolute Gasteiger partial charge is 0.496 e. The first kappa shape index (κ1) is 14.9. The normalized spacial score (nSPS) is 16.2. The van der Waals surface area contributed by atoms with E-state index in [4.69, 9.17) is 4.74 Å². The summed E-state index contributed by atoms with van der Waals surface area (Å²) in [6.45, 7) is 4.72. The number of hydrogen-bond acceptors (Lipinski definition) is 3.